The van der Waals surface area contributed by atoms with Gasteiger partial charge in [-0.3, -0.25) is 9.59 Å². The van der Waals surface area contributed by atoms with Gasteiger partial charge < -0.3 is 16.8 Å². The van der Waals surface area contributed by atoms with E-state index in [0.717, 1.165) is 37.7 Å². The molecule has 2 rings (SSSR count). The van der Waals surface area contributed by atoms with Gasteiger partial charge in [0.15, 0.2) is 0 Å². The summed E-state index contributed by atoms with van der Waals surface area (Å²) in [7, 11) is 0. The minimum atomic E-state index is -0.701. The van der Waals surface area contributed by atoms with Crippen molar-refractivity contribution in [1.29, 1.82) is 0 Å². The van der Waals surface area contributed by atoms with Crippen molar-refractivity contribution in [3.8, 4) is 0 Å². The van der Waals surface area contributed by atoms with Gasteiger partial charge in [-0.2, -0.15) is 0 Å². The maximum Gasteiger partial charge on any atom is 0.248 e. The Balaban J connectivity index is 1.85. The van der Waals surface area contributed by atoms with Crippen LogP contribution in [-0.2, 0) is 11.2 Å². The van der Waals surface area contributed by atoms with E-state index < -0.39 is 11.4 Å². The Bertz CT molecular complexity index is 522. The first-order chi connectivity index (χ1) is 10.0. The molecule has 0 radical (unpaired) electrons. The summed E-state index contributed by atoms with van der Waals surface area (Å²) in [5.74, 6) is -0.503. The molecule has 21 heavy (non-hydrogen) atoms. The van der Waals surface area contributed by atoms with Gasteiger partial charge in [0.05, 0.1) is 5.54 Å². The highest BCUT2D eigenvalue weighted by molar-refractivity contribution is 5.92. The standard InChI is InChI=1S/C16H23N3O2/c17-14(20)13-6-4-5-12(11-13)7-10-19-15(21)16(18)8-2-1-3-9-16/h4-6,11H,1-3,7-10,18H2,(H2,17,20)(H,19,21). The predicted octanol–water partition coefficient (Wildman–Crippen LogP) is 1.11. The number of benzene rings is 1. The fraction of sp³-hybridized carbons (Fsp3) is 0.500. The van der Waals surface area contributed by atoms with E-state index in [9.17, 15) is 9.59 Å². The zero-order valence-electron chi connectivity index (χ0n) is 12.2. The van der Waals surface area contributed by atoms with Crippen LogP contribution in [0.25, 0.3) is 0 Å². The molecule has 1 aliphatic carbocycles. The third-order valence-corrected chi connectivity index (χ3v) is 4.11. The highest BCUT2D eigenvalue weighted by Gasteiger charge is 2.34. The molecule has 1 aromatic carbocycles. The van der Waals surface area contributed by atoms with E-state index in [1.807, 2.05) is 6.07 Å². The number of hydrogen-bond donors (Lipinski definition) is 3. The summed E-state index contributed by atoms with van der Waals surface area (Å²) < 4.78 is 0. The molecule has 1 saturated carbocycles. The highest BCUT2D eigenvalue weighted by Crippen LogP contribution is 2.25. The smallest absolute Gasteiger partial charge is 0.248 e. The molecule has 0 heterocycles. The highest BCUT2D eigenvalue weighted by atomic mass is 16.2. The second-order valence-electron chi connectivity index (χ2n) is 5.79. The predicted molar refractivity (Wildman–Crippen MR) is 81.7 cm³/mol. The molecule has 5 N–H and O–H groups in total. The Labute approximate surface area is 125 Å². The van der Waals surface area contributed by atoms with E-state index in [0.29, 0.717) is 18.5 Å². The molecule has 5 nitrogen and oxygen atoms in total. The van der Waals surface area contributed by atoms with Crippen molar-refractivity contribution in [1.82, 2.24) is 5.32 Å². The van der Waals surface area contributed by atoms with E-state index in [1.54, 1.807) is 18.2 Å². The molecule has 0 atom stereocenters. The number of primary amides is 1. The van der Waals surface area contributed by atoms with Crippen LogP contribution in [0.3, 0.4) is 0 Å². The van der Waals surface area contributed by atoms with E-state index in [4.69, 9.17) is 11.5 Å². The minimum Gasteiger partial charge on any atom is -0.366 e. The van der Waals surface area contributed by atoms with Crippen LogP contribution in [0.1, 0.15) is 48.0 Å². The number of rotatable bonds is 5. The van der Waals surface area contributed by atoms with Gasteiger partial charge in [0, 0.05) is 12.1 Å². The normalized spacial score (nSPS) is 17.2. The maximum atomic E-state index is 12.2. The Morgan fingerprint density at radius 1 is 1.19 bits per heavy atom. The Kier molecular flexibility index (Phi) is 4.96. The zero-order valence-corrected chi connectivity index (χ0v) is 12.2. The van der Waals surface area contributed by atoms with E-state index in [-0.39, 0.29) is 5.91 Å². The molecule has 1 fully saturated rings. The molecular weight excluding hydrogens is 266 g/mol. The molecule has 114 valence electrons. The largest absolute Gasteiger partial charge is 0.366 e. The van der Waals surface area contributed by atoms with Crippen LogP contribution in [0.4, 0.5) is 0 Å². The molecular formula is C16H23N3O2. The molecule has 0 spiro atoms. The average Bonchev–Trinajstić information content (AvgIpc) is 2.48. The van der Waals surface area contributed by atoms with Gasteiger partial charge in [-0.25, -0.2) is 0 Å². The lowest BCUT2D eigenvalue weighted by Gasteiger charge is -2.31. The monoisotopic (exact) mass is 289 g/mol. The summed E-state index contributed by atoms with van der Waals surface area (Å²) in [5.41, 5.74) is 12.2. The van der Waals surface area contributed by atoms with Gasteiger partial charge in [-0.1, -0.05) is 31.4 Å². The van der Waals surface area contributed by atoms with Gasteiger partial charge in [-0.15, -0.1) is 0 Å². The number of hydrogen-bond acceptors (Lipinski definition) is 3. The molecule has 1 aromatic rings. The van der Waals surface area contributed by atoms with Crippen molar-refractivity contribution >= 4 is 11.8 Å². The number of carbonyl (C=O) groups excluding carboxylic acids is 2. The molecule has 1 aliphatic rings. The van der Waals surface area contributed by atoms with Crippen molar-refractivity contribution in [2.75, 3.05) is 6.54 Å². The summed E-state index contributed by atoms with van der Waals surface area (Å²) in [4.78, 5) is 23.3. The molecule has 0 bridgehead atoms. The third kappa shape index (κ3) is 4.04. The summed E-state index contributed by atoms with van der Waals surface area (Å²) in [5, 5.41) is 2.91. The van der Waals surface area contributed by atoms with Crippen LogP contribution in [-0.4, -0.2) is 23.9 Å². The SMILES string of the molecule is NC(=O)c1cccc(CCNC(=O)C2(N)CCCCC2)c1. The van der Waals surface area contributed by atoms with Crippen molar-refractivity contribution in [2.24, 2.45) is 11.5 Å². The Morgan fingerprint density at radius 3 is 2.57 bits per heavy atom. The van der Waals surface area contributed by atoms with E-state index >= 15 is 0 Å². The van der Waals surface area contributed by atoms with Gasteiger partial charge >= 0.3 is 0 Å². The van der Waals surface area contributed by atoms with Gasteiger partial charge in [-0.05, 0) is 37.0 Å². The molecule has 0 aliphatic heterocycles. The van der Waals surface area contributed by atoms with Crippen LogP contribution in [0.5, 0.6) is 0 Å². The fourth-order valence-electron chi connectivity index (χ4n) is 2.79. The minimum absolute atomic E-state index is 0.0618. The lowest BCUT2D eigenvalue weighted by atomic mass is 9.82. The molecule has 0 unspecified atom stereocenters. The molecule has 2 amide bonds. The number of carbonyl (C=O) groups is 2. The second kappa shape index (κ2) is 6.72. The van der Waals surface area contributed by atoms with Crippen molar-refractivity contribution in [3.63, 3.8) is 0 Å². The third-order valence-electron chi connectivity index (χ3n) is 4.11. The van der Waals surface area contributed by atoms with Crippen LogP contribution >= 0.6 is 0 Å². The Hall–Kier alpha value is -1.88. The number of nitrogens with two attached hydrogens (primary N) is 2. The lowest BCUT2D eigenvalue weighted by molar-refractivity contribution is -0.127. The second-order valence-corrected chi connectivity index (χ2v) is 5.79. The summed E-state index contributed by atoms with van der Waals surface area (Å²) in [6, 6.07) is 7.15. The molecule has 0 saturated heterocycles. The van der Waals surface area contributed by atoms with E-state index in [2.05, 4.69) is 5.32 Å². The fourth-order valence-corrected chi connectivity index (χ4v) is 2.79. The van der Waals surface area contributed by atoms with Crippen molar-refractivity contribution in [2.45, 2.75) is 44.1 Å². The number of amides is 2. The topological polar surface area (TPSA) is 98.2 Å². The van der Waals surface area contributed by atoms with Crippen LogP contribution in [0.15, 0.2) is 24.3 Å². The van der Waals surface area contributed by atoms with Crippen LogP contribution < -0.4 is 16.8 Å². The first-order valence-corrected chi connectivity index (χ1v) is 7.47. The number of nitrogens with one attached hydrogen (secondary N) is 1. The van der Waals surface area contributed by atoms with Gasteiger partial charge in [0.2, 0.25) is 11.8 Å². The summed E-state index contributed by atoms with van der Waals surface area (Å²) >= 11 is 0. The van der Waals surface area contributed by atoms with Crippen LogP contribution in [0, 0.1) is 0 Å². The van der Waals surface area contributed by atoms with Gasteiger partial charge in [0.1, 0.15) is 0 Å². The zero-order chi connectivity index (χ0) is 15.3. The van der Waals surface area contributed by atoms with Crippen molar-refractivity contribution in [3.05, 3.63) is 35.4 Å². The summed E-state index contributed by atoms with van der Waals surface area (Å²) in [6.07, 6.45) is 5.37. The van der Waals surface area contributed by atoms with E-state index in [1.165, 1.54) is 0 Å². The average molecular weight is 289 g/mol. The first kappa shape index (κ1) is 15.5. The maximum absolute atomic E-state index is 12.2. The van der Waals surface area contributed by atoms with Crippen molar-refractivity contribution < 1.29 is 9.59 Å². The van der Waals surface area contributed by atoms with Crippen LogP contribution in [0.2, 0.25) is 0 Å². The Morgan fingerprint density at radius 2 is 1.90 bits per heavy atom. The van der Waals surface area contributed by atoms with Gasteiger partial charge in [0.25, 0.3) is 0 Å². The quantitative estimate of drug-likeness (QED) is 0.757. The molecule has 0 aromatic heterocycles. The summed E-state index contributed by atoms with van der Waals surface area (Å²) in [6.45, 7) is 0.514. The lowest BCUT2D eigenvalue weighted by Crippen LogP contribution is -2.55. The first-order valence-electron chi connectivity index (χ1n) is 7.47. The molecule has 5 heteroatoms.